The van der Waals surface area contributed by atoms with Crippen LogP contribution in [-0.4, -0.2) is 39.1 Å². The summed E-state index contributed by atoms with van der Waals surface area (Å²) in [7, 11) is 0. The van der Waals surface area contributed by atoms with Crippen LogP contribution in [0, 0.1) is 11.8 Å². The van der Waals surface area contributed by atoms with Crippen LogP contribution in [0.4, 0.5) is 0 Å². The van der Waals surface area contributed by atoms with E-state index >= 15 is 0 Å². The predicted molar refractivity (Wildman–Crippen MR) is 91.7 cm³/mol. The summed E-state index contributed by atoms with van der Waals surface area (Å²) in [5.74, 6) is 2.44. The fourth-order valence-electron chi connectivity index (χ4n) is 4.69. The number of aromatic amines is 1. The molecule has 5 heteroatoms. The van der Waals surface area contributed by atoms with Crippen molar-refractivity contribution in [1.82, 2.24) is 20.2 Å². The van der Waals surface area contributed by atoms with Gasteiger partial charge in [0.25, 0.3) is 0 Å². The summed E-state index contributed by atoms with van der Waals surface area (Å²) in [6, 6.07) is 0.644. The molecule has 4 nitrogen and oxygen atoms in total. The molecule has 0 aromatic carbocycles. The molecule has 2 N–H and O–H groups in total. The molecule has 3 saturated carbocycles. The number of likely N-dealkylation sites (tertiary alicyclic amines) is 1. The number of imidazole rings is 1. The molecule has 4 fully saturated rings. The smallest absolute Gasteiger partial charge is 0.169 e. The molecule has 4 aliphatic rings. The van der Waals surface area contributed by atoms with Crippen LogP contribution < -0.4 is 5.32 Å². The van der Waals surface area contributed by atoms with Crippen molar-refractivity contribution >= 4 is 17.3 Å². The number of rotatable bonds is 2. The molecule has 0 radical (unpaired) electrons. The summed E-state index contributed by atoms with van der Waals surface area (Å²) in [5, 5.41) is 4.71. The SMILES string of the molecule is S=C(NC1CC2CCC1CC2)N1CCC(c2cnc[nH]2)CC1. The number of fused-ring (bicyclic) bond motifs is 3. The van der Waals surface area contributed by atoms with Crippen LogP contribution in [0.25, 0.3) is 0 Å². The first-order valence-corrected chi connectivity index (χ1v) is 9.24. The molecule has 1 aromatic rings. The Balaban J connectivity index is 1.29. The summed E-state index contributed by atoms with van der Waals surface area (Å²) in [4.78, 5) is 9.78. The van der Waals surface area contributed by atoms with E-state index < -0.39 is 0 Å². The Bertz CT molecular complexity index is 499. The van der Waals surface area contributed by atoms with E-state index in [0.717, 1.165) is 30.0 Å². The molecule has 1 aromatic heterocycles. The molecule has 1 unspecified atom stereocenters. The number of aromatic nitrogens is 2. The van der Waals surface area contributed by atoms with Crippen molar-refractivity contribution in [2.24, 2.45) is 11.8 Å². The largest absolute Gasteiger partial charge is 0.360 e. The fourth-order valence-corrected chi connectivity index (χ4v) is 5.02. The summed E-state index contributed by atoms with van der Waals surface area (Å²) < 4.78 is 0. The van der Waals surface area contributed by atoms with Gasteiger partial charge in [-0.2, -0.15) is 0 Å². The second kappa shape index (κ2) is 6.19. The molecular weight excluding hydrogens is 292 g/mol. The first-order valence-electron chi connectivity index (χ1n) is 8.83. The maximum absolute atomic E-state index is 5.70. The Morgan fingerprint density at radius 1 is 1.18 bits per heavy atom. The Morgan fingerprint density at radius 3 is 2.55 bits per heavy atom. The lowest BCUT2D eigenvalue weighted by molar-refractivity contribution is 0.133. The van der Waals surface area contributed by atoms with Gasteiger partial charge in [0.2, 0.25) is 0 Å². The lowest BCUT2D eigenvalue weighted by atomic mass is 9.68. The first kappa shape index (κ1) is 14.5. The van der Waals surface area contributed by atoms with E-state index in [4.69, 9.17) is 12.2 Å². The molecule has 2 bridgehead atoms. The van der Waals surface area contributed by atoms with Crippen LogP contribution in [0.15, 0.2) is 12.5 Å². The van der Waals surface area contributed by atoms with Crippen molar-refractivity contribution in [3.8, 4) is 0 Å². The van der Waals surface area contributed by atoms with Gasteiger partial charge in [-0.1, -0.05) is 12.8 Å². The van der Waals surface area contributed by atoms with Crippen LogP contribution in [0.5, 0.6) is 0 Å². The lowest BCUT2D eigenvalue weighted by Gasteiger charge is -2.44. The minimum atomic E-state index is 0.618. The second-order valence-electron chi connectivity index (χ2n) is 7.34. The number of nitrogens with zero attached hydrogens (tertiary/aromatic N) is 2. The minimum absolute atomic E-state index is 0.618. The average Bonchev–Trinajstić information content (AvgIpc) is 3.10. The standard InChI is InChI=1S/C17H26N4S/c22-17(20-15-9-12-1-3-13(15)4-2-12)21-7-5-14(6-8-21)16-10-18-11-19-16/h10-15H,1-9H2,(H,18,19)(H,20,22). The summed E-state index contributed by atoms with van der Waals surface area (Å²) in [6.07, 6.45) is 13.1. The third-order valence-electron chi connectivity index (χ3n) is 6.10. The molecule has 1 atom stereocenters. The Hall–Kier alpha value is -1.10. The van der Waals surface area contributed by atoms with E-state index in [2.05, 4.69) is 20.2 Å². The van der Waals surface area contributed by atoms with Gasteiger partial charge in [0.05, 0.1) is 6.33 Å². The zero-order valence-electron chi connectivity index (χ0n) is 13.1. The highest BCUT2D eigenvalue weighted by molar-refractivity contribution is 7.80. The molecule has 1 aliphatic heterocycles. The van der Waals surface area contributed by atoms with Gasteiger partial charge in [-0.3, -0.25) is 0 Å². The minimum Gasteiger partial charge on any atom is -0.360 e. The zero-order valence-corrected chi connectivity index (χ0v) is 13.9. The van der Waals surface area contributed by atoms with Crippen molar-refractivity contribution in [2.45, 2.75) is 56.9 Å². The number of thiocarbonyl (C=S) groups is 1. The molecule has 22 heavy (non-hydrogen) atoms. The van der Waals surface area contributed by atoms with Crippen molar-refractivity contribution in [3.63, 3.8) is 0 Å². The number of hydrogen-bond donors (Lipinski definition) is 2. The maximum Gasteiger partial charge on any atom is 0.169 e. The molecule has 120 valence electrons. The normalized spacial score (nSPS) is 32.2. The van der Waals surface area contributed by atoms with Gasteiger partial charge in [0.15, 0.2) is 5.11 Å². The fraction of sp³-hybridized carbons (Fsp3) is 0.765. The molecule has 0 amide bonds. The van der Waals surface area contributed by atoms with Crippen LogP contribution in [-0.2, 0) is 0 Å². The number of H-pyrrole nitrogens is 1. The van der Waals surface area contributed by atoms with Gasteiger partial charge >= 0.3 is 0 Å². The third-order valence-corrected chi connectivity index (χ3v) is 6.47. The maximum atomic E-state index is 5.70. The Labute approximate surface area is 138 Å². The van der Waals surface area contributed by atoms with E-state index in [1.54, 1.807) is 6.33 Å². The molecule has 5 rings (SSSR count). The van der Waals surface area contributed by atoms with Gasteiger partial charge in [-0.05, 0) is 56.2 Å². The number of nitrogens with one attached hydrogen (secondary N) is 2. The Kier molecular flexibility index (Phi) is 4.07. The topological polar surface area (TPSA) is 44.0 Å². The lowest BCUT2D eigenvalue weighted by Crippen LogP contribution is -2.52. The molecule has 2 heterocycles. The molecule has 0 spiro atoms. The van der Waals surface area contributed by atoms with Gasteiger partial charge in [-0.15, -0.1) is 0 Å². The quantitative estimate of drug-likeness (QED) is 0.823. The highest BCUT2D eigenvalue weighted by atomic mass is 32.1. The van der Waals surface area contributed by atoms with Crippen LogP contribution in [0.3, 0.4) is 0 Å². The predicted octanol–water partition coefficient (Wildman–Crippen LogP) is 3.04. The van der Waals surface area contributed by atoms with Crippen LogP contribution >= 0.6 is 12.2 Å². The first-order chi connectivity index (χ1) is 10.8. The van der Waals surface area contributed by atoms with Crippen molar-refractivity contribution < 1.29 is 0 Å². The van der Waals surface area contributed by atoms with E-state index in [-0.39, 0.29) is 0 Å². The number of piperidine rings is 1. The highest BCUT2D eigenvalue weighted by Gasteiger charge is 2.36. The van der Waals surface area contributed by atoms with Crippen molar-refractivity contribution in [3.05, 3.63) is 18.2 Å². The van der Waals surface area contributed by atoms with Crippen LogP contribution in [0.2, 0.25) is 0 Å². The van der Waals surface area contributed by atoms with Gasteiger partial charge in [0.1, 0.15) is 0 Å². The van der Waals surface area contributed by atoms with Crippen LogP contribution in [0.1, 0.15) is 56.6 Å². The van der Waals surface area contributed by atoms with Gasteiger partial charge < -0.3 is 15.2 Å². The van der Waals surface area contributed by atoms with E-state index in [1.165, 1.54) is 50.6 Å². The van der Waals surface area contributed by atoms with E-state index in [0.29, 0.717) is 12.0 Å². The molecule has 3 aliphatic carbocycles. The summed E-state index contributed by atoms with van der Waals surface area (Å²) in [6.45, 7) is 2.13. The second-order valence-corrected chi connectivity index (χ2v) is 7.73. The molecular formula is C17H26N4S. The monoisotopic (exact) mass is 318 g/mol. The highest BCUT2D eigenvalue weighted by Crippen LogP contribution is 2.41. The summed E-state index contributed by atoms with van der Waals surface area (Å²) >= 11 is 5.70. The third kappa shape index (κ3) is 2.87. The van der Waals surface area contributed by atoms with E-state index in [1.807, 2.05) is 6.20 Å². The van der Waals surface area contributed by atoms with E-state index in [9.17, 15) is 0 Å². The average molecular weight is 318 g/mol. The van der Waals surface area contributed by atoms with Crippen molar-refractivity contribution in [1.29, 1.82) is 0 Å². The zero-order chi connectivity index (χ0) is 14.9. The van der Waals surface area contributed by atoms with Gasteiger partial charge in [-0.25, -0.2) is 4.98 Å². The Morgan fingerprint density at radius 2 is 1.95 bits per heavy atom. The van der Waals surface area contributed by atoms with Crippen molar-refractivity contribution in [2.75, 3.05) is 13.1 Å². The molecule has 1 saturated heterocycles. The van der Waals surface area contributed by atoms with Gasteiger partial charge in [0, 0.05) is 36.9 Å². The summed E-state index contributed by atoms with van der Waals surface area (Å²) in [5.41, 5.74) is 1.28. The number of hydrogen-bond acceptors (Lipinski definition) is 2.